The number of ether oxygens (including phenoxy) is 2. The van der Waals surface area contributed by atoms with Gasteiger partial charge in [0.2, 0.25) is 0 Å². The average Bonchev–Trinajstić information content (AvgIpc) is 2.81. The van der Waals surface area contributed by atoms with Crippen LogP contribution in [-0.4, -0.2) is 36.7 Å². The van der Waals surface area contributed by atoms with Gasteiger partial charge in [-0.15, -0.1) is 0 Å². The van der Waals surface area contributed by atoms with E-state index in [-0.39, 0.29) is 11.9 Å². The Bertz CT molecular complexity index is 390. The zero-order chi connectivity index (χ0) is 24.2. The summed E-state index contributed by atoms with van der Waals surface area (Å²) in [7, 11) is 0. The standard InChI is InChI=1S/C28H54O4S/c1-3-5-7-11-17-23-31-27(29)21-15-9-13-19-25-33-26-20-14-10-16-22-28(30)32-24-18-12-8-6-4-2/h3-26H2,1-2H3. The van der Waals surface area contributed by atoms with Gasteiger partial charge in [-0.05, 0) is 50.0 Å². The Kier molecular flexibility index (Phi) is 26.9. The third-order valence-electron chi connectivity index (χ3n) is 5.86. The highest BCUT2D eigenvalue weighted by Crippen LogP contribution is 2.13. The maximum absolute atomic E-state index is 11.7. The van der Waals surface area contributed by atoms with Crippen LogP contribution in [0.1, 0.15) is 142 Å². The third-order valence-corrected chi connectivity index (χ3v) is 7.02. The molecule has 5 heteroatoms. The molecule has 0 aromatic carbocycles. The molecule has 0 radical (unpaired) electrons. The summed E-state index contributed by atoms with van der Waals surface area (Å²) in [5, 5.41) is 0. The van der Waals surface area contributed by atoms with Gasteiger partial charge in [-0.25, -0.2) is 0 Å². The molecule has 0 heterocycles. The molecule has 0 bridgehead atoms. The van der Waals surface area contributed by atoms with Crippen LogP contribution < -0.4 is 0 Å². The first-order valence-corrected chi connectivity index (χ1v) is 15.2. The van der Waals surface area contributed by atoms with E-state index in [0.717, 1.165) is 38.5 Å². The summed E-state index contributed by atoms with van der Waals surface area (Å²) in [6.07, 6.45) is 22.1. The third kappa shape index (κ3) is 27.4. The minimum Gasteiger partial charge on any atom is -0.466 e. The van der Waals surface area contributed by atoms with Crippen molar-refractivity contribution in [1.82, 2.24) is 0 Å². The number of rotatable bonds is 26. The molecule has 0 aromatic rings. The molecule has 0 aliphatic heterocycles. The van der Waals surface area contributed by atoms with E-state index in [2.05, 4.69) is 13.8 Å². The van der Waals surface area contributed by atoms with E-state index in [1.165, 1.54) is 88.6 Å². The van der Waals surface area contributed by atoms with Gasteiger partial charge in [0.1, 0.15) is 0 Å². The first kappa shape index (κ1) is 32.3. The molecule has 0 rings (SSSR count). The van der Waals surface area contributed by atoms with Gasteiger partial charge in [-0.1, -0.05) is 90.9 Å². The van der Waals surface area contributed by atoms with Gasteiger partial charge in [0.25, 0.3) is 0 Å². The first-order chi connectivity index (χ1) is 16.2. The van der Waals surface area contributed by atoms with Crippen molar-refractivity contribution in [2.24, 2.45) is 0 Å². The number of carbonyl (C=O) groups excluding carboxylic acids is 2. The van der Waals surface area contributed by atoms with Gasteiger partial charge in [0.15, 0.2) is 0 Å². The largest absolute Gasteiger partial charge is 0.466 e. The van der Waals surface area contributed by atoms with Gasteiger partial charge >= 0.3 is 11.9 Å². The summed E-state index contributed by atoms with van der Waals surface area (Å²) in [4.78, 5) is 23.4. The highest BCUT2D eigenvalue weighted by atomic mass is 32.2. The molecule has 33 heavy (non-hydrogen) atoms. The van der Waals surface area contributed by atoms with Crippen LogP contribution in [0.2, 0.25) is 0 Å². The SMILES string of the molecule is CCCCCCCOC(=O)CCCCCCSCCCCCCC(=O)OCCCCCCC. The average molecular weight is 487 g/mol. The second-order valence-corrected chi connectivity index (χ2v) is 10.4. The molecule has 0 saturated carbocycles. The quantitative estimate of drug-likeness (QED) is 0.0904. The number of thioether (sulfide) groups is 1. The van der Waals surface area contributed by atoms with E-state index in [0.29, 0.717) is 26.1 Å². The van der Waals surface area contributed by atoms with Crippen molar-refractivity contribution >= 4 is 23.7 Å². The summed E-state index contributed by atoms with van der Waals surface area (Å²) >= 11 is 2.04. The van der Waals surface area contributed by atoms with Crippen molar-refractivity contribution in [3.8, 4) is 0 Å². The lowest BCUT2D eigenvalue weighted by atomic mass is 10.1. The number of esters is 2. The molecule has 0 aliphatic carbocycles. The smallest absolute Gasteiger partial charge is 0.305 e. The van der Waals surface area contributed by atoms with E-state index in [4.69, 9.17) is 9.47 Å². The Morgan fingerprint density at radius 3 is 1.27 bits per heavy atom. The summed E-state index contributed by atoms with van der Waals surface area (Å²) in [6.45, 7) is 5.62. The maximum Gasteiger partial charge on any atom is 0.305 e. The Morgan fingerprint density at radius 1 is 0.485 bits per heavy atom. The lowest BCUT2D eigenvalue weighted by Crippen LogP contribution is -2.05. The molecular weight excluding hydrogens is 432 g/mol. The second kappa shape index (κ2) is 27.5. The van der Waals surface area contributed by atoms with Crippen molar-refractivity contribution in [2.45, 2.75) is 142 Å². The highest BCUT2D eigenvalue weighted by molar-refractivity contribution is 7.99. The monoisotopic (exact) mass is 486 g/mol. The van der Waals surface area contributed by atoms with E-state index in [1.54, 1.807) is 0 Å². The molecule has 4 nitrogen and oxygen atoms in total. The summed E-state index contributed by atoms with van der Waals surface area (Å²) in [6, 6.07) is 0. The Hall–Kier alpha value is -0.710. The van der Waals surface area contributed by atoms with Gasteiger partial charge in [-0.3, -0.25) is 9.59 Å². The van der Waals surface area contributed by atoms with Gasteiger partial charge < -0.3 is 9.47 Å². The van der Waals surface area contributed by atoms with E-state index >= 15 is 0 Å². The molecule has 0 N–H and O–H groups in total. The van der Waals surface area contributed by atoms with E-state index < -0.39 is 0 Å². The molecule has 0 amide bonds. The van der Waals surface area contributed by atoms with Crippen LogP contribution in [0, 0.1) is 0 Å². The van der Waals surface area contributed by atoms with Crippen LogP contribution in [-0.2, 0) is 19.1 Å². The molecule has 196 valence electrons. The number of hydrogen-bond donors (Lipinski definition) is 0. The lowest BCUT2D eigenvalue weighted by molar-refractivity contribution is -0.144. The Labute approximate surface area is 209 Å². The Morgan fingerprint density at radius 2 is 0.848 bits per heavy atom. The predicted molar refractivity (Wildman–Crippen MR) is 143 cm³/mol. The van der Waals surface area contributed by atoms with Crippen LogP contribution in [0.15, 0.2) is 0 Å². The van der Waals surface area contributed by atoms with Crippen molar-refractivity contribution in [3.05, 3.63) is 0 Å². The maximum atomic E-state index is 11.7. The van der Waals surface area contributed by atoms with E-state index in [9.17, 15) is 9.59 Å². The fourth-order valence-corrected chi connectivity index (χ4v) is 4.70. The molecule has 0 aromatic heterocycles. The van der Waals surface area contributed by atoms with Gasteiger partial charge in [0.05, 0.1) is 13.2 Å². The number of hydrogen-bond acceptors (Lipinski definition) is 5. The van der Waals surface area contributed by atoms with Crippen LogP contribution >= 0.6 is 11.8 Å². The van der Waals surface area contributed by atoms with Crippen molar-refractivity contribution in [1.29, 1.82) is 0 Å². The first-order valence-electron chi connectivity index (χ1n) is 14.1. The van der Waals surface area contributed by atoms with Crippen molar-refractivity contribution in [2.75, 3.05) is 24.7 Å². The molecule has 0 spiro atoms. The molecular formula is C28H54O4S. The minimum atomic E-state index is -0.0180. The summed E-state index contributed by atoms with van der Waals surface area (Å²) in [5.74, 6) is 2.39. The van der Waals surface area contributed by atoms with E-state index in [1.807, 2.05) is 11.8 Å². The lowest BCUT2D eigenvalue weighted by Gasteiger charge is -2.06. The molecule has 0 unspecified atom stereocenters. The fraction of sp³-hybridized carbons (Fsp3) is 0.929. The van der Waals surface area contributed by atoms with Crippen molar-refractivity contribution < 1.29 is 19.1 Å². The topological polar surface area (TPSA) is 52.6 Å². The highest BCUT2D eigenvalue weighted by Gasteiger charge is 2.03. The minimum absolute atomic E-state index is 0.0180. The second-order valence-electron chi connectivity index (χ2n) is 9.21. The van der Waals surface area contributed by atoms with Crippen molar-refractivity contribution in [3.63, 3.8) is 0 Å². The summed E-state index contributed by atoms with van der Waals surface area (Å²) in [5.41, 5.74) is 0. The van der Waals surface area contributed by atoms with Crippen LogP contribution in [0.25, 0.3) is 0 Å². The van der Waals surface area contributed by atoms with Gasteiger partial charge in [-0.2, -0.15) is 11.8 Å². The van der Waals surface area contributed by atoms with Gasteiger partial charge in [0, 0.05) is 12.8 Å². The molecule has 0 saturated heterocycles. The zero-order valence-corrected chi connectivity index (χ0v) is 22.8. The molecule has 0 aliphatic rings. The Balaban J connectivity index is 3.20. The van der Waals surface area contributed by atoms with Crippen LogP contribution in [0.5, 0.6) is 0 Å². The number of unbranched alkanes of at least 4 members (excludes halogenated alkanes) is 14. The molecule has 0 atom stereocenters. The zero-order valence-electron chi connectivity index (χ0n) is 22.0. The summed E-state index contributed by atoms with van der Waals surface area (Å²) < 4.78 is 10.6. The van der Waals surface area contributed by atoms with Crippen LogP contribution in [0.3, 0.4) is 0 Å². The normalized spacial score (nSPS) is 11.0. The predicted octanol–water partition coefficient (Wildman–Crippen LogP) is 8.65. The molecule has 0 fully saturated rings. The fourth-order valence-electron chi connectivity index (χ4n) is 3.68. The van der Waals surface area contributed by atoms with Crippen LogP contribution in [0.4, 0.5) is 0 Å². The number of carbonyl (C=O) groups is 2.